The number of aryl methyl sites for hydroxylation is 1. The molecule has 1 N–H and O–H groups in total. The fourth-order valence-corrected chi connectivity index (χ4v) is 6.00. The molecule has 10 heteroatoms. The molecule has 1 amide bonds. The van der Waals surface area contributed by atoms with Crippen molar-refractivity contribution in [1.29, 1.82) is 0 Å². The standard InChI is InChI=1S/C25H25N3O5S2/c1-3-33-24(30)12-19-15-34-25(26-19)27-23(29)14-28-13-22(20-6-4-5-7-21(20)28)35(31,32)16-18-10-8-17(2)9-11-18/h4-11,13,15H,3,12,14,16H2,1-2H3,(H,26,27,29). The number of aromatic nitrogens is 2. The molecule has 0 atom stereocenters. The summed E-state index contributed by atoms with van der Waals surface area (Å²) in [6, 6.07) is 14.5. The predicted octanol–water partition coefficient (Wildman–Crippen LogP) is 4.12. The van der Waals surface area contributed by atoms with Crippen LogP contribution in [-0.2, 0) is 42.9 Å². The number of hydrogen-bond donors (Lipinski definition) is 1. The van der Waals surface area contributed by atoms with Gasteiger partial charge in [0.25, 0.3) is 0 Å². The van der Waals surface area contributed by atoms with Crippen LogP contribution in [0.25, 0.3) is 10.9 Å². The number of hydrogen-bond acceptors (Lipinski definition) is 7. The maximum atomic E-state index is 13.3. The van der Waals surface area contributed by atoms with Crippen molar-refractivity contribution in [3.05, 3.63) is 76.9 Å². The molecule has 0 aliphatic heterocycles. The van der Waals surface area contributed by atoms with E-state index >= 15 is 0 Å². The topological polar surface area (TPSA) is 107 Å². The van der Waals surface area contributed by atoms with Crippen molar-refractivity contribution < 1.29 is 22.7 Å². The Labute approximate surface area is 207 Å². The van der Waals surface area contributed by atoms with Gasteiger partial charge in [-0.3, -0.25) is 9.59 Å². The molecule has 2 heterocycles. The van der Waals surface area contributed by atoms with Crippen LogP contribution >= 0.6 is 11.3 Å². The summed E-state index contributed by atoms with van der Waals surface area (Å²) in [4.78, 5) is 28.8. The number of fused-ring (bicyclic) bond motifs is 1. The largest absolute Gasteiger partial charge is 0.466 e. The number of esters is 1. The van der Waals surface area contributed by atoms with Gasteiger partial charge in [0.05, 0.1) is 29.4 Å². The van der Waals surface area contributed by atoms with Crippen LogP contribution in [0.1, 0.15) is 23.7 Å². The molecule has 0 bridgehead atoms. The Morgan fingerprint density at radius 2 is 1.86 bits per heavy atom. The van der Waals surface area contributed by atoms with Crippen LogP contribution in [0.5, 0.6) is 0 Å². The van der Waals surface area contributed by atoms with Gasteiger partial charge in [0.2, 0.25) is 5.91 Å². The van der Waals surface area contributed by atoms with E-state index in [2.05, 4.69) is 10.3 Å². The number of nitrogens with one attached hydrogen (secondary N) is 1. The van der Waals surface area contributed by atoms with Crippen molar-refractivity contribution >= 4 is 49.1 Å². The van der Waals surface area contributed by atoms with E-state index in [0.717, 1.165) is 5.56 Å². The maximum Gasteiger partial charge on any atom is 0.311 e. The second-order valence-corrected chi connectivity index (χ2v) is 10.9. The number of rotatable bonds is 9. The van der Waals surface area contributed by atoms with Gasteiger partial charge >= 0.3 is 5.97 Å². The highest BCUT2D eigenvalue weighted by Gasteiger charge is 2.22. The van der Waals surface area contributed by atoms with E-state index in [9.17, 15) is 18.0 Å². The minimum atomic E-state index is -3.65. The van der Waals surface area contributed by atoms with Gasteiger partial charge in [-0.15, -0.1) is 11.3 Å². The van der Waals surface area contributed by atoms with E-state index in [1.807, 2.05) is 31.2 Å². The highest BCUT2D eigenvalue weighted by molar-refractivity contribution is 7.90. The van der Waals surface area contributed by atoms with E-state index in [4.69, 9.17) is 4.74 Å². The molecule has 2 aromatic heterocycles. The average molecular weight is 512 g/mol. The summed E-state index contributed by atoms with van der Waals surface area (Å²) in [5, 5.41) is 5.33. The number of benzene rings is 2. The van der Waals surface area contributed by atoms with Gasteiger partial charge in [0.1, 0.15) is 6.54 Å². The molecule has 0 fully saturated rings. The molecule has 182 valence electrons. The van der Waals surface area contributed by atoms with Gasteiger partial charge in [-0.25, -0.2) is 13.4 Å². The zero-order chi connectivity index (χ0) is 25.0. The fourth-order valence-electron chi connectivity index (χ4n) is 3.69. The minimum absolute atomic E-state index is 0.0324. The van der Waals surface area contributed by atoms with Gasteiger partial charge in [0.15, 0.2) is 15.0 Å². The zero-order valence-electron chi connectivity index (χ0n) is 19.4. The first-order valence-corrected chi connectivity index (χ1v) is 13.5. The Morgan fingerprint density at radius 1 is 1.11 bits per heavy atom. The van der Waals surface area contributed by atoms with Crippen LogP contribution in [0.15, 0.2) is 65.0 Å². The monoisotopic (exact) mass is 511 g/mol. The lowest BCUT2D eigenvalue weighted by atomic mass is 10.2. The Kier molecular flexibility index (Phi) is 7.32. The first kappa shape index (κ1) is 24.6. The number of nitrogens with zero attached hydrogens (tertiary/aromatic N) is 2. The summed E-state index contributed by atoms with van der Waals surface area (Å²) in [6.07, 6.45) is 1.55. The van der Waals surface area contributed by atoms with Crippen LogP contribution < -0.4 is 5.32 Å². The van der Waals surface area contributed by atoms with E-state index in [1.54, 1.807) is 41.1 Å². The van der Waals surface area contributed by atoms with E-state index in [0.29, 0.717) is 33.9 Å². The predicted molar refractivity (Wildman–Crippen MR) is 135 cm³/mol. The number of thiazole rings is 1. The number of ether oxygens (including phenoxy) is 1. The molecule has 0 spiro atoms. The second-order valence-electron chi connectivity index (χ2n) is 8.06. The number of carbonyl (C=O) groups excluding carboxylic acids is 2. The average Bonchev–Trinajstić information content (AvgIpc) is 3.40. The van der Waals surface area contributed by atoms with Crippen LogP contribution in [0.4, 0.5) is 5.13 Å². The highest BCUT2D eigenvalue weighted by atomic mass is 32.2. The lowest BCUT2D eigenvalue weighted by molar-refractivity contribution is -0.142. The zero-order valence-corrected chi connectivity index (χ0v) is 21.0. The fraction of sp³-hybridized carbons (Fsp3) is 0.240. The Balaban J connectivity index is 1.52. The Morgan fingerprint density at radius 3 is 2.60 bits per heavy atom. The first-order valence-electron chi connectivity index (χ1n) is 11.0. The smallest absolute Gasteiger partial charge is 0.311 e. The summed E-state index contributed by atoms with van der Waals surface area (Å²) in [5.41, 5.74) is 2.92. The molecule has 0 saturated carbocycles. The summed E-state index contributed by atoms with van der Waals surface area (Å²) in [5.74, 6) is -0.866. The number of carbonyl (C=O) groups is 2. The molecule has 0 aliphatic carbocycles. The molecular formula is C25H25N3O5S2. The van der Waals surface area contributed by atoms with Crippen molar-refractivity contribution in [3.63, 3.8) is 0 Å². The van der Waals surface area contributed by atoms with Crippen molar-refractivity contribution in [2.45, 2.75) is 37.5 Å². The highest BCUT2D eigenvalue weighted by Crippen LogP contribution is 2.28. The molecule has 0 aliphatic rings. The SMILES string of the molecule is CCOC(=O)Cc1csc(NC(=O)Cn2cc(S(=O)(=O)Cc3ccc(C)cc3)c3ccccc32)n1. The molecule has 35 heavy (non-hydrogen) atoms. The Hall–Kier alpha value is -3.50. The first-order chi connectivity index (χ1) is 16.7. The quantitative estimate of drug-likeness (QED) is 0.339. The van der Waals surface area contributed by atoms with Crippen LogP contribution in [0.3, 0.4) is 0 Å². The number of para-hydroxylation sites is 1. The molecule has 4 aromatic rings. The van der Waals surface area contributed by atoms with Crippen LogP contribution in [-0.4, -0.2) is 36.5 Å². The van der Waals surface area contributed by atoms with E-state index in [1.165, 1.54) is 17.5 Å². The molecule has 4 rings (SSSR count). The molecule has 0 radical (unpaired) electrons. The third-order valence-corrected chi connectivity index (χ3v) is 7.82. The molecular weight excluding hydrogens is 486 g/mol. The van der Waals surface area contributed by atoms with Gasteiger partial charge < -0.3 is 14.6 Å². The second kappa shape index (κ2) is 10.4. The third kappa shape index (κ3) is 5.95. The third-order valence-electron chi connectivity index (χ3n) is 5.31. The van der Waals surface area contributed by atoms with Gasteiger partial charge in [-0.1, -0.05) is 48.0 Å². The summed E-state index contributed by atoms with van der Waals surface area (Å²) >= 11 is 1.21. The lowest BCUT2D eigenvalue weighted by Gasteiger charge is -2.05. The molecule has 8 nitrogen and oxygen atoms in total. The number of amides is 1. The summed E-state index contributed by atoms with van der Waals surface area (Å²) < 4.78 is 33.1. The Bertz CT molecular complexity index is 1470. The lowest BCUT2D eigenvalue weighted by Crippen LogP contribution is -2.18. The van der Waals surface area contributed by atoms with Gasteiger partial charge in [-0.05, 0) is 25.5 Å². The van der Waals surface area contributed by atoms with Crippen molar-refractivity contribution in [2.75, 3.05) is 11.9 Å². The normalized spacial score (nSPS) is 11.5. The van der Waals surface area contributed by atoms with Gasteiger partial charge in [-0.2, -0.15) is 0 Å². The number of sulfone groups is 1. The van der Waals surface area contributed by atoms with Crippen LogP contribution in [0, 0.1) is 6.92 Å². The van der Waals surface area contributed by atoms with Crippen molar-refractivity contribution in [3.8, 4) is 0 Å². The van der Waals surface area contributed by atoms with E-state index in [-0.39, 0.29) is 35.5 Å². The summed E-state index contributed by atoms with van der Waals surface area (Å²) in [6.45, 7) is 3.88. The molecule has 2 aromatic carbocycles. The van der Waals surface area contributed by atoms with Crippen molar-refractivity contribution in [2.24, 2.45) is 0 Å². The summed E-state index contributed by atoms with van der Waals surface area (Å²) in [7, 11) is -3.65. The minimum Gasteiger partial charge on any atom is -0.466 e. The van der Waals surface area contributed by atoms with E-state index < -0.39 is 9.84 Å². The van der Waals surface area contributed by atoms with Gasteiger partial charge in [0, 0.05) is 22.5 Å². The number of anilines is 1. The molecule has 0 unspecified atom stereocenters. The van der Waals surface area contributed by atoms with Crippen molar-refractivity contribution in [1.82, 2.24) is 9.55 Å². The maximum absolute atomic E-state index is 13.3. The van der Waals surface area contributed by atoms with Crippen LogP contribution in [0.2, 0.25) is 0 Å². The molecule has 0 saturated heterocycles.